The summed E-state index contributed by atoms with van der Waals surface area (Å²) in [7, 11) is -3.18. The number of carbonyl (C=O) groups excluding carboxylic acids is 1. The third-order valence-corrected chi connectivity index (χ3v) is 6.31. The summed E-state index contributed by atoms with van der Waals surface area (Å²) in [6.45, 7) is 9.54. The highest BCUT2D eigenvalue weighted by molar-refractivity contribution is 7.89. The largest absolute Gasteiger partial charge is 0.484 e. The molecule has 6 nitrogen and oxygen atoms in total. The molecule has 0 N–H and O–H groups in total. The van der Waals surface area contributed by atoms with Crippen molar-refractivity contribution in [3.05, 3.63) is 29.8 Å². The number of hydrogen-bond donors (Lipinski definition) is 0. The number of nitrogens with zero attached hydrogens (tertiary/aromatic N) is 2. The van der Waals surface area contributed by atoms with Crippen LogP contribution in [0.1, 0.15) is 33.3 Å². The van der Waals surface area contributed by atoms with Gasteiger partial charge >= 0.3 is 0 Å². The second-order valence-corrected chi connectivity index (χ2v) is 9.50. The van der Waals surface area contributed by atoms with E-state index in [2.05, 4.69) is 20.8 Å². The van der Waals surface area contributed by atoms with E-state index in [1.807, 2.05) is 24.3 Å². The number of hydrogen-bond acceptors (Lipinski definition) is 4. The molecule has 0 radical (unpaired) electrons. The topological polar surface area (TPSA) is 66.9 Å². The minimum absolute atomic E-state index is 0.0323. The van der Waals surface area contributed by atoms with Crippen molar-refractivity contribution in [2.24, 2.45) is 0 Å². The lowest BCUT2D eigenvalue weighted by atomic mass is 9.87. The average molecular weight is 368 g/mol. The van der Waals surface area contributed by atoms with Crippen LogP contribution in [0.15, 0.2) is 24.3 Å². The Labute approximate surface area is 150 Å². The molecule has 2 rings (SSSR count). The van der Waals surface area contributed by atoms with Crippen LogP contribution >= 0.6 is 0 Å². The summed E-state index contributed by atoms with van der Waals surface area (Å²) in [6, 6.07) is 7.77. The number of carbonyl (C=O) groups is 1. The minimum atomic E-state index is -3.18. The van der Waals surface area contributed by atoms with Crippen molar-refractivity contribution in [1.29, 1.82) is 0 Å². The lowest BCUT2D eigenvalue weighted by Crippen LogP contribution is -2.51. The molecule has 1 heterocycles. The van der Waals surface area contributed by atoms with Gasteiger partial charge < -0.3 is 9.64 Å². The van der Waals surface area contributed by atoms with Crippen molar-refractivity contribution in [2.75, 3.05) is 38.5 Å². The second kappa shape index (κ2) is 7.74. The third kappa shape index (κ3) is 5.19. The molecule has 0 bridgehead atoms. The first-order valence-electron chi connectivity index (χ1n) is 8.62. The van der Waals surface area contributed by atoms with Crippen LogP contribution in [0.3, 0.4) is 0 Å². The van der Waals surface area contributed by atoms with E-state index in [1.165, 1.54) is 9.87 Å². The molecule has 0 unspecified atom stereocenters. The van der Waals surface area contributed by atoms with Gasteiger partial charge in [-0.25, -0.2) is 8.42 Å². The SMILES string of the molecule is CCS(=O)(=O)N1CCN(C(=O)COc2ccc(C(C)(C)C)cc2)CC1. The number of piperazine rings is 1. The zero-order valence-electron chi connectivity index (χ0n) is 15.5. The molecule has 1 aromatic rings. The molecule has 1 aromatic carbocycles. The van der Waals surface area contributed by atoms with Gasteiger partial charge in [0.25, 0.3) is 5.91 Å². The van der Waals surface area contributed by atoms with E-state index in [-0.39, 0.29) is 23.7 Å². The molecule has 1 saturated heterocycles. The van der Waals surface area contributed by atoms with Crippen LogP contribution in [0.5, 0.6) is 5.75 Å². The van der Waals surface area contributed by atoms with Gasteiger partial charge in [-0.05, 0) is 30.0 Å². The Hall–Kier alpha value is -1.60. The van der Waals surface area contributed by atoms with Crippen LogP contribution in [0.25, 0.3) is 0 Å². The first-order chi connectivity index (χ1) is 11.6. The van der Waals surface area contributed by atoms with Gasteiger partial charge in [0.05, 0.1) is 5.75 Å². The maximum Gasteiger partial charge on any atom is 0.260 e. The molecule has 140 valence electrons. The van der Waals surface area contributed by atoms with Crippen LogP contribution in [0.2, 0.25) is 0 Å². The highest BCUT2D eigenvalue weighted by Crippen LogP contribution is 2.24. The van der Waals surface area contributed by atoms with E-state index >= 15 is 0 Å². The van der Waals surface area contributed by atoms with Crippen molar-refractivity contribution in [1.82, 2.24) is 9.21 Å². The van der Waals surface area contributed by atoms with Crippen molar-refractivity contribution < 1.29 is 17.9 Å². The molecule has 0 aliphatic carbocycles. The Bertz CT molecular complexity index is 685. The Kier molecular flexibility index (Phi) is 6.11. The standard InChI is InChI=1S/C18H28N2O4S/c1-5-25(22,23)20-12-10-19(11-13-20)17(21)14-24-16-8-6-15(7-9-16)18(2,3)4/h6-9H,5,10-14H2,1-4H3. The zero-order valence-corrected chi connectivity index (χ0v) is 16.3. The number of rotatable bonds is 5. The molecule has 0 atom stereocenters. The second-order valence-electron chi connectivity index (χ2n) is 7.24. The van der Waals surface area contributed by atoms with Gasteiger partial charge in [0.2, 0.25) is 10.0 Å². The molecule has 1 fully saturated rings. The number of sulfonamides is 1. The van der Waals surface area contributed by atoms with Crippen LogP contribution < -0.4 is 4.74 Å². The maximum absolute atomic E-state index is 12.3. The molecule has 7 heteroatoms. The van der Waals surface area contributed by atoms with Crippen LogP contribution in [-0.2, 0) is 20.2 Å². The molecular formula is C18H28N2O4S. The smallest absolute Gasteiger partial charge is 0.260 e. The van der Waals surface area contributed by atoms with E-state index in [9.17, 15) is 13.2 Å². The first kappa shape index (κ1) is 19.7. The van der Waals surface area contributed by atoms with E-state index < -0.39 is 10.0 Å². The predicted molar refractivity (Wildman–Crippen MR) is 98.3 cm³/mol. The Morgan fingerprint density at radius 1 is 1.08 bits per heavy atom. The molecule has 1 aliphatic rings. The maximum atomic E-state index is 12.3. The van der Waals surface area contributed by atoms with Gasteiger partial charge in [0.15, 0.2) is 6.61 Å². The van der Waals surface area contributed by atoms with Crippen molar-refractivity contribution in [2.45, 2.75) is 33.1 Å². The number of ether oxygens (including phenoxy) is 1. The summed E-state index contributed by atoms with van der Waals surface area (Å²) in [5.74, 6) is 0.635. The Morgan fingerprint density at radius 2 is 1.64 bits per heavy atom. The van der Waals surface area contributed by atoms with E-state index in [0.717, 1.165) is 0 Å². The lowest BCUT2D eigenvalue weighted by Gasteiger charge is -2.33. The van der Waals surface area contributed by atoms with E-state index in [1.54, 1.807) is 11.8 Å². The Morgan fingerprint density at radius 3 is 2.12 bits per heavy atom. The zero-order chi connectivity index (χ0) is 18.7. The highest BCUT2D eigenvalue weighted by Gasteiger charge is 2.27. The molecular weight excluding hydrogens is 340 g/mol. The number of amides is 1. The summed E-state index contributed by atoms with van der Waals surface area (Å²) in [4.78, 5) is 13.9. The summed E-state index contributed by atoms with van der Waals surface area (Å²) in [5.41, 5.74) is 1.28. The summed E-state index contributed by atoms with van der Waals surface area (Å²) in [5, 5.41) is 0. The van der Waals surface area contributed by atoms with E-state index in [0.29, 0.717) is 31.9 Å². The van der Waals surface area contributed by atoms with Gasteiger partial charge in [-0.15, -0.1) is 0 Å². The number of benzene rings is 1. The van der Waals surface area contributed by atoms with Crippen LogP contribution in [0, 0.1) is 0 Å². The van der Waals surface area contributed by atoms with Crippen molar-refractivity contribution >= 4 is 15.9 Å². The van der Waals surface area contributed by atoms with Gasteiger partial charge in [-0.2, -0.15) is 4.31 Å². The molecule has 25 heavy (non-hydrogen) atoms. The predicted octanol–water partition coefficient (Wildman–Crippen LogP) is 1.86. The highest BCUT2D eigenvalue weighted by atomic mass is 32.2. The summed E-state index contributed by atoms with van der Waals surface area (Å²) >= 11 is 0. The van der Waals surface area contributed by atoms with Crippen LogP contribution in [0.4, 0.5) is 0 Å². The Balaban J connectivity index is 1.83. The summed E-state index contributed by atoms with van der Waals surface area (Å²) < 4.78 is 30.7. The molecule has 1 amide bonds. The quantitative estimate of drug-likeness (QED) is 0.796. The normalized spacial score (nSPS) is 16.7. The molecule has 1 aliphatic heterocycles. The molecule has 0 spiro atoms. The van der Waals surface area contributed by atoms with Gasteiger partial charge in [0.1, 0.15) is 5.75 Å². The first-order valence-corrected chi connectivity index (χ1v) is 10.2. The minimum Gasteiger partial charge on any atom is -0.484 e. The van der Waals surface area contributed by atoms with Crippen LogP contribution in [-0.4, -0.2) is 62.1 Å². The van der Waals surface area contributed by atoms with Crippen molar-refractivity contribution in [3.63, 3.8) is 0 Å². The average Bonchev–Trinajstić information content (AvgIpc) is 2.59. The van der Waals surface area contributed by atoms with Gasteiger partial charge in [-0.3, -0.25) is 4.79 Å². The monoisotopic (exact) mass is 368 g/mol. The fraction of sp³-hybridized carbons (Fsp3) is 0.611. The summed E-state index contributed by atoms with van der Waals surface area (Å²) in [6.07, 6.45) is 0. The fourth-order valence-electron chi connectivity index (χ4n) is 2.69. The van der Waals surface area contributed by atoms with Gasteiger partial charge in [0, 0.05) is 26.2 Å². The molecule has 0 saturated carbocycles. The molecule has 0 aromatic heterocycles. The van der Waals surface area contributed by atoms with Crippen molar-refractivity contribution in [3.8, 4) is 5.75 Å². The van der Waals surface area contributed by atoms with Gasteiger partial charge in [-0.1, -0.05) is 32.9 Å². The third-order valence-electron chi connectivity index (χ3n) is 4.43. The fourth-order valence-corrected chi connectivity index (χ4v) is 3.77. The van der Waals surface area contributed by atoms with E-state index in [4.69, 9.17) is 4.74 Å². The lowest BCUT2D eigenvalue weighted by molar-refractivity contribution is -0.134.